The highest BCUT2D eigenvalue weighted by atomic mass is 15.1. The zero-order valence-corrected chi connectivity index (χ0v) is 16.9. The minimum absolute atomic E-state index is 0.516. The third kappa shape index (κ3) is 7.60. The van der Waals surface area contributed by atoms with Crippen LogP contribution in [0.4, 0.5) is 0 Å². The van der Waals surface area contributed by atoms with E-state index in [-0.39, 0.29) is 0 Å². The number of allylic oxidation sites excluding steroid dienone is 8. The summed E-state index contributed by atoms with van der Waals surface area (Å²) in [6.45, 7) is 8.96. The molecular weight excluding hydrogens is 320 g/mol. The van der Waals surface area contributed by atoms with Gasteiger partial charge in [0.05, 0.1) is 18.5 Å². The summed E-state index contributed by atoms with van der Waals surface area (Å²) in [7, 11) is 2.01. The van der Waals surface area contributed by atoms with Crippen molar-refractivity contribution < 1.29 is 4.57 Å². The van der Waals surface area contributed by atoms with Gasteiger partial charge in [0, 0.05) is 5.70 Å². The van der Waals surface area contributed by atoms with Gasteiger partial charge in [-0.1, -0.05) is 38.2 Å². The Morgan fingerprint density at radius 3 is 2.58 bits per heavy atom. The molecule has 0 unspecified atom stereocenters. The van der Waals surface area contributed by atoms with E-state index in [1.54, 1.807) is 0 Å². The predicted molar refractivity (Wildman–Crippen MR) is 112 cm³/mol. The maximum absolute atomic E-state index is 8.60. The molecule has 0 aliphatic carbocycles. The fourth-order valence-electron chi connectivity index (χ4n) is 2.42. The number of nitrogens with one attached hydrogen (secondary N) is 1. The molecule has 0 bridgehead atoms. The number of nitrogens with zero attached hydrogens (tertiary/aromatic N) is 3. The minimum atomic E-state index is 0.516. The topological polar surface area (TPSA) is 45.0 Å². The maximum atomic E-state index is 8.60. The molecule has 140 valence electrons. The lowest BCUT2D eigenvalue weighted by atomic mass is 10.0. The van der Waals surface area contributed by atoms with Gasteiger partial charge in [0.1, 0.15) is 18.9 Å². The van der Waals surface area contributed by atoms with Gasteiger partial charge in [-0.3, -0.25) is 10.4 Å². The van der Waals surface area contributed by atoms with E-state index >= 15 is 0 Å². The summed E-state index contributed by atoms with van der Waals surface area (Å²) in [4.78, 5) is 4.72. The number of aromatic nitrogens is 2. The standard InChI is InChI=1S/C22H33N4/c1-6-9-11-12-20(8-3)22(23)21(13-10-7-2)24-19(4)14-15-26-17-16-25(5)18-26/h6,9-10,12-14,16-18,23H,7-8,11,15H2,1-5H3/q+1/b9-6?,13-10+,19-14?,20-12+,23-22?,24-21?. The van der Waals surface area contributed by atoms with E-state index in [0.717, 1.165) is 42.8 Å². The smallest absolute Gasteiger partial charge is 0.243 e. The fraction of sp³-hybridized carbons (Fsp3) is 0.409. The van der Waals surface area contributed by atoms with Gasteiger partial charge in [-0.15, -0.1) is 0 Å². The van der Waals surface area contributed by atoms with Crippen molar-refractivity contribution in [3.63, 3.8) is 0 Å². The Morgan fingerprint density at radius 2 is 2.00 bits per heavy atom. The van der Waals surface area contributed by atoms with Gasteiger partial charge in [-0.25, -0.2) is 9.13 Å². The average Bonchev–Trinajstić information content (AvgIpc) is 3.05. The second kappa shape index (κ2) is 12.0. The first-order valence-electron chi connectivity index (χ1n) is 9.34. The van der Waals surface area contributed by atoms with Crippen molar-refractivity contribution in [1.29, 1.82) is 5.41 Å². The first-order chi connectivity index (χ1) is 12.5. The van der Waals surface area contributed by atoms with Crippen LogP contribution in [0.1, 0.15) is 47.0 Å². The summed E-state index contributed by atoms with van der Waals surface area (Å²) in [5, 5.41) is 8.60. The number of imidazole rings is 1. The Morgan fingerprint density at radius 1 is 1.23 bits per heavy atom. The molecule has 0 aliphatic rings. The molecule has 0 saturated carbocycles. The fourth-order valence-corrected chi connectivity index (χ4v) is 2.42. The molecule has 4 heteroatoms. The van der Waals surface area contributed by atoms with Gasteiger partial charge in [0.15, 0.2) is 0 Å². The van der Waals surface area contributed by atoms with E-state index < -0.39 is 0 Å². The molecule has 0 saturated heterocycles. The van der Waals surface area contributed by atoms with Gasteiger partial charge >= 0.3 is 0 Å². The highest BCUT2D eigenvalue weighted by molar-refractivity contribution is 6.51. The van der Waals surface area contributed by atoms with Crippen molar-refractivity contribution in [1.82, 2.24) is 4.57 Å². The molecule has 1 aromatic rings. The highest BCUT2D eigenvalue weighted by Crippen LogP contribution is 2.10. The number of aryl methyl sites for hydroxylation is 1. The van der Waals surface area contributed by atoms with E-state index in [9.17, 15) is 0 Å². The monoisotopic (exact) mass is 353 g/mol. The van der Waals surface area contributed by atoms with Gasteiger partial charge in [0.25, 0.3) is 0 Å². The number of aliphatic imine (C=N–C) groups is 1. The summed E-state index contributed by atoms with van der Waals surface area (Å²) < 4.78 is 4.11. The molecule has 26 heavy (non-hydrogen) atoms. The number of rotatable bonds is 10. The van der Waals surface area contributed by atoms with Crippen molar-refractivity contribution in [2.24, 2.45) is 12.0 Å². The molecule has 4 nitrogen and oxygen atoms in total. The van der Waals surface area contributed by atoms with E-state index in [1.165, 1.54) is 0 Å². The van der Waals surface area contributed by atoms with Crippen LogP contribution < -0.4 is 4.57 Å². The van der Waals surface area contributed by atoms with Crippen LogP contribution >= 0.6 is 0 Å². The van der Waals surface area contributed by atoms with E-state index in [2.05, 4.69) is 42.7 Å². The molecule has 0 atom stereocenters. The van der Waals surface area contributed by atoms with E-state index in [1.807, 2.05) is 56.3 Å². The Labute approximate surface area is 158 Å². The predicted octanol–water partition coefficient (Wildman–Crippen LogP) is 4.95. The summed E-state index contributed by atoms with van der Waals surface area (Å²) in [6.07, 6.45) is 21.1. The van der Waals surface area contributed by atoms with Crippen LogP contribution in [0.2, 0.25) is 0 Å². The third-order valence-electron chi connectivity index (χ3n) is 3.92. The molecule has 1 aromatic heterocycles. The van der Waals surface area contributed by atoms with E-state index in [0.29, 0.717) is 5.71 Å². The van der Waals surface area contributed by atoms with Crippen LogP contribution in [-0.2, 0) is 13.6 Å². The Kier molecular flexibility index (Phi) is 9.91. The van der Waals surface area contributed by atoms with Crippen LogP contribution in [0.15, 0.2) is 71.4 Å². The van der Waals surface area contributed by atoms with Crippen molar-refractivity contribution in [3.8, 4) is 0 Å². The van der Waals surface area contributed by atoms with E-state index in [4.69, 9.17) is 10.4 Å². The summed E-state index contributed by atoms with van der Waals surface area (Å²) in [5.74, 6) is 0. The average molecular weight is 354 g/mol. The maximum Gasteiger partial charge on any atom is 0.243 e. The quantitative estimate of drug-likeness (QED) is 0.352. The van der Waals surface area contributed by atoms with Crippen LogP contribution in [0, 0.1) is 5.41 Å². The zero-order valence-electron chi connectivity index (χ0n) is 16.9. The molecule has 0 radical (unpaired) electrons. The van der Waals surface area contributed by atoms with Gasteiger partial charge in [-0.2, -0.15) is 0 Å². The second-order valence-corrected chi connectivity index (χ2v) is 6.19. The van der Waals surface area contributed by atoms with Gasteiger partial charge < -0.3 is 0 Å². The van der Waals surface area contributed by atoms with Crippen LogP contribution in [0.5, 0.6) is 0 Å². The van der Waals surface area contributed by atoms with Crippen LogP contribution in [0.25, 0.3) is 0 Å². The minimum Gasteiger partial charge on any atom is -0.298 e. The summed E-state index contributed by atoms with van der Waals surface area (Å²) >= 11 is 0. The van der Waals surface area contributed by atoms with Crippen LogP contribution in [-0.4, -0.2) is 16.0 Å². The lowest BCUT2D eigenvalue weighted by Crippen LogP contribution is -2.23. The lowest BCUT2D eigenvalue weighted by molar-refractivity contribution is -0.671. The molecule has 1 heterocycles. The Bertz CT molecular complexity index is 727. The molecule has 1 N–H and O–H groups in total. The Balaban J connectivity index is 3.02. The van der Waals surface area contributed by atoms with Gasteiger partial charge in [0.2, 0.25) is 6.33 Å². The summed E-state index contributed by atoms with van der Waals surface area (Å²) in [6, 6.07) is 0. The molecular formula is C22H33N4+. The summed E-state index contributed by atoms with van der Waals surface area (Å²) in [5.41, 5.74) is 3.20. The molecule has 1 rings (SSSR count). The molecule has 0 spiro atoms. The number of hydrogen-bond acceptors (Lipinski definition) is 2. The highest BCUT2D eigenvalue weighted by Gasteiger charge is 2.09. The van der Waals surface area contributed by atoms with Crippen molar-refractivity contribution in [3.05, 3.63) is 66.4 Å². The van der Waals surface area contributed by atoms with Crippen LogP contribution in [0.3, 0.4) is 0 Å². The van der Waals surface area contributed by atoms with Crippen molar-refractivity contribution in [2.45, 2.75) is 53.5 Å². The lowest BCUT2D eigenvalue weighted by Gasteiger charge is -2.08. The molecule has 0 amide bonds. The molecule has 0 fully saturated rings. The normalized spacial score (nSPS) is 14.0. The second-order valence-electron chi connectivity index (χ2n) is 6.19. The SMILES string of the molecule is CC=CC/C=C(\CC)C(=N)C(/C=C/CC)=NC(C)=CCn1cc[n+](C)c1. The zero-order chi connectivity index (χ0) is 19.4. The van der Waals surface area contributed by atoms with Crippen molar-refractivity contribution >= 4 is 11.4 Å². The first-order valence-corrected chi connectivity index (χ1v) is 9.34. The van der Waals surface area contributed by atoms with Gasteiger partial charge in [-0.05, 0) is 50.8 Å². The van der Waals surface area contributed by atoms with Crippen molar-refractivity contribution in [2.75, 3.05) is 0 Å². The third-order valence-corrected chi connectivity index (χ3v) is 3.92. The molecule has 0 aromatic carbocycles. The molecule has 0 aliphatic heterocycles. The number of hydrogen-bond donors (Lipinski definition) is 1. The Hall–Kier alpha value is -2.49. The first kappa shape index (κ1) is 21.6. The largest absolute Gasteiger partial charge is 0.298 e.